The molecule has 1 atom stereocenters. The summed E-state index contributed by atoms with van der Waals surface area (Å²) in [6, 6.07) is 19.5. The smallest absolute Gasteiger partial charge is 0.130 e. The maximum absolute atomic E-state index is 3.99. The minimum absolute atomic E-state index is 0.589. The van der Waals surface area contributed by atoms with Crippen molar-refractivity contribution in [3.05, 3.63) is 91.3 Å². The molecule has 2 rings (SSSR count). The molecule has 0 amide bonds. The molecule has 2 aromatic rings. The van der Waals surface area contributed by atoms with Crippen molar-refractivity contribution in [2.75, 3.05) is 14.1 Å². The quantitative estimate of drug-likeness (QED) is 0.528. The van der Waals surface area contributed by atoms with Crippen LogP contribution < -0.4 is 15.5 Å². The van der Waals surface area contributed by atoms with Crippen molar-refractivity contribution in [2.24, 2.45) is 0 Å². The summed E-state index contributed by atoms with van der Waals surface area (Å²) < 4.78 is 0. The van der Waals surface area contributed by atoms with Crippen LogP contribution in [0.25, 0.3) is 0 Å². The third kappa shape index (κ3) is 7.12. The monoisotopic (exact) mass is 368 g/mol. The highest BCUT2D eigenvalue weighted by molar-refractivity contribution is 7.77. The van der Waals surface area contributed by atoms with Crippen LogP contribution in [0.1, 0.15) is 27.7 Å². The van der Waals surface area contributed by atoms with E-state index in [2.05, 4.69) is 87.9 Å². The third-order valence-corrected chi connectivity index (χ3v) is 5.95. The molecular formula is C24H35NP+. The molecule has 0 aliphatic heterocycles. The number of hydrogen-bond acceptors (Lipinski definition) is 0. The lowest BCUT2D eigenvalue weighted by Gasteiger charge is -2.20. The van der Waals surface area contributed by atoms with E-state index in [0.717, 1.165) is 0 Å². The maximum atomic E-state index is 3.99. The number of quaternary nitrogens is 1. The third-order valence-electron chi connectivity index (χ3n) is 3.47. The second kappa shape index (κ2) is 14.2. The standard InChI is InChI=1S/C20H22NP.2C2H6/c1-5-10-18(6-2)22(19-11-8-7-9-12-19)20-15-13-17(14-16-20)21(3)4;2*1-2/h5-16H,1-2H2,3-4H3;2*1-2H3/p+1/b18-10+;;. The Bertz CT molecular complexity index is 654. The molecule has 0 spiro atoms. The Balaban J connectivity index is 0.00000146. The van der Waals surface area contributed by atoms with Crippen LogP contribution >= 0.6 is 7.92 Å². The van der Waals surface area contributed by atoms with Gasteiger partial charge in [0.25, 0.3) is 0 Å². The highest BCUT2D eigenvalue weighted by atomic mass is 31.1. The van der Waals surface area contributed by atoms with Gasteiger partial charge in [0, 0.05) is 0 Å². The van der Waals surface area contributed by atoms with Crippen molar-refractivity contribution in [2.45, 2.75) is 27.7 Å². The van der Waals surface area contributed by atoms with Crippen LogP contribution in [0.2, 0.25) is 0 Å². The Kier molecular flexibility index (Phi) is 13.2. The fourth-order valence-electron chi connectivity index (χ4n) is 2.32. The summed E-state index contributed by atoms with van der Waals surface area (Å²) in [7, 11) is 3.69. The van der Waals surface area contributed by atoms with Gasteiger partial charge in [-0.25, -0.2) is 0 Å². The van der Waals surface area contributed by atoms with Gasteiger partial charge in [0.05, 0.1) is 14.1 Å². The second-order valence-corrected chi connectivity index (χ2v) is 7.47. The van der Waals surface area contributed by atoms with E-state index in [9.17, 15) is 0 Å². The van der Waals surface area contributed by atoms with E-state index >= 15 is 0 Å². The summed E-state index contributed by atoms with van der Waals surface area (Å²) >= 11 is 0. The van der Waals surface area contributed by atoms with E-state index in [4.69, 9.17) is 0 Å². The predicted molar refractivity (Wildman–Crippen MR) is 123 cm³/mol. The van der Waals surface area contributed by atoms with Gasteiger partial charge in [0.1, 0.15) is 5.69 Å². The second-order valence-electron chi connectivity index (χ2n) is 5.25. The Morgan fingerprint density at radius 1 is 0.808 bits per heavy atom. The zero-order valence-electron chi connectivity index (χ0n) is 17.3. The van der Waals surface area contributed by atoms with Crippen LogP contribution in [0.4, 0.5) is 5.69 Å². The Morgan fingerprint density at radius 2 is 1.31 bits per heavy atom. The number of nitrogens with one attached hydrogen (secondary N) is 1. The molecule has 140 valence electrons. The fraction of sp³-hybridized carbons (Fsp3) is 0.250. The first-order valence-corrected chi connectivity index (χ1v) is 10.7. The highest BCUT2D eigenvalue weighted by Gasteiger charge is 2.17. The van der Waals surface area contributed by atoms with Crippen molar-refractivity contribution >= 4 is 24.2 Å². The normalized spacial score (nSPS) is 11.4. The van der Waals surface area contributed by atoms with E-state index in [0.29, 0.717) is 0 Å². The molecule has 0 fully saturated rings. The summed E-state index contributed by atoms with van der Waals surface area (Å²) in [6.07, 6.45) is 5.86. The Morgan fingerprint density at radius 3 is 1.73 bits per heavy atom. The summed E-state index contributed by atoms with van der Waals surface area (Å²) in [4.78, 5) is 1.33. The van der Waals surface area contributed by atoms with Gasteiger partial charge >= 0.3 is 0 Å². The molecule has 1 N–H and O–H groups in total. The molecule has 0 aliphatic rings. The van der Waals surface area contributed by atoms with E-state index in [1.54, 1.807) is 0 Å². The summed E-state index contributed by atoms with van der Waals surface area (Å²) in [6.45, 7) is 15.8. The van der Waals surface area contributed by atoms with Crippen LogP contribution in [0.3, 0.4) is 0 Å². The van der Waals surface area contributed by atoms with E-state index in [-0.39, 0.29) is 0 Å². The zero-order chi connectivity index (χ0) is 19.9. The van der Waals surface area contributed by atoms with Crippen LogP contribution in [-0.2, 0) is 0 Å². The van der Waals surface area contributed by atoms with Gasteiger partial charge < -0.3 is 4.90 Å². The molecule has 1 unspecified atom stereocenters. The van der Waals surface area contributed by atoms with Gasteiger partial charge in [-0.1, -0.05) is 89.4 Å². The van der Waals surface area contributed by atoms with Gasteiger partial charge in [0.2, 0.25) is 0 Å². The first kappa shape index (κ1) is 24.1. The molecule has 0 radical (unpaired) electrons. The number of benzene rings is 2. The highest BCUT2D eigenvalue weighted by Crippen LogP contribution is 2.43. The minimum Gasteiger partial charge on any atom is -0.307 e. The van der Waals surface area contributed by atoms with Crippen molar-refractivity contribution in [1.82, 2.24) is 0 Å². The number of allylic oxidation sites excluding steroid dienone is 4. The molecule has 0 bridgehead atoms. The van der Waals surface area contributed by atoms with Crippen molar-refractivity contribution in [3.63, 3.8) is 0 Å². The summed E-state index contributed by atoms with van der Waals surface area (Å²) in [5.41, 5.74) is 1.29. The molecule has 0 aromatic heterocycles. The summed E-state index contributed by atoms with van der Waals surface area (Å²) in [5, 5.41) is 3.89. The topological polar surface area (TPSA) is 4.44 Å². The van der Waals surface area contributed by atoms with Crippen LogP contribution in [0.15, 0.2) is 91.3 Å². The molecule has 0 saturated heterocycles. The van der Waals surface area contributed by atoms with Gasteiger partial charge in [-0.2, -0.15) is 0 Å². The Labute approximate surface area is 162 Å². The molecule has 0 aliphatic carbocycles. The lowest BCUT2D eigenvalue weighted by Crippen LogP contribution is -3.00. The molecule has 26 heavy (non-hydrogen) atoms. The molecule has 0 saturated carbocycles. The van der Waals surface area contributed by atoms with Crippen LogP contribution in [-0.4, -0.2) is 14.1 Å². The number of rotatable bonds is 6. The van der Waals surface area contributed by atoms with Crippen LogP contribution in [0, 0.1) is 0 Å². The average Bonchev–Trinajstić information content (AvgIpc) is 2.72. The lowest BCUT2D eigenvalue weighted by molar-refractivity contribution is -0.786. The van der Waals surface area contributed by atoms with Crippen molar-refractivity contribution in [3.8, 4) is 0 Å². The van der Waals surface area contributed by atoms with Crippen LogP contribution in [0.5, 0.6) is 0 Å². The van der Waals surface area contributed by atoms with E-state index in [1.807, 2.05) is 39.8 Å². The predicted octanol–water partition coefficient (Wildman–Crippen LogP) is 5.20. The molecule has 2 heteroatoms. The van der Waals surface area contributed by atoms with Gasteiger partial charge in [-0.15, -0.1) is 0 Å². The molecular weight excluding hydrogens is 333 g/mol. The van der Waals surface area contributed by atoms with Gasteiger partial charge in [-0.05, 0) is 48.1 Å². The van der Waals surface area contributed by atoms with Gasteiger partial charge in [0.15, 0.2) is 0 Å². The fourth-order valence-corrected chi connectivity index (χ4v) is 4.57. The maximum Gasteiger partial charge on any atom is 0.130 e. The molecule has 1 nitrogen and oxygen atoms in total. The number of hydrogen-bond donors (Lipinski definition) is 1. The first-order chi connectivity index (χ1) is 12.7. The van der Waals surface area contributed by atoms with E-state index < -0.39 is 7.92 Å². The van der Waals surface area contributed by atoms with E-state index in [1.165, 1.54) is 26.5 Å². The van der Waals surface area contributed by atoms with Gasteiger partial charge in [-0.3, -0.25) is 0 Å². The molecule has 0 heterocycles. The summed E-state index contributed by atoms with van der Waals surface area (Å²) in [5.74, 6) is 0. The average molecular weight is 369 g/mol. The first-order valence-electron chi connectivity index (χ1n) is 9.38. The van der Waals surface area contributed by atoms with Crippen molar-refractivity contribution < 1.29 is 4.90 Å². The largest absolute Gasteiger partial charge is 0.307 e. The minimum atomic E-state index is -0.589. The van der Waals surface area contributed by atoms with Crippen molar-refractivity contribution in [1.29, 1.82) is 0 Å². The molecule has 2 aromatic carbocycles. The zero-order valence-corrected chi connectivity index (χ0v) is 18.2. The SMILES string of the molecule is C=C/C=C(\C=C)P(c1ccccc1)c1ccc([NH+](C)C)cc1.CC.CC. The lowest BCUT2D eigenvalue weighted by atomic mass is 10.3. The Hall–Kier alpha value is -1.95.